The van der Waals surface area contributed by atoms with E-state index in [1.165, 1.54) is 10.4 Å². The monoisotopic (exact) mass is 275 g/mol. The van der Waals surface area contributed by atoms with E-state index in [2.05, 4.69) is 48.8 Å². The molecule has 2 aromatic rings. The summed E-state index contributed by atoms with van der Waals surface area (Å²) in [4.78, 5) is 1.35. The van der Waals surface area contributed by atoms with Gasteiger partial charge in [0.25, 0.3) is 0 Å². The lowest BCUT2D eigenvalue weighted by Crippen LogP contribution is -2.21. The maximum absolute atomic E-state index is 5.42. The fraction of sp³-hybridized carbons (Fsp3) is 0.333. The smallest absolute Gasteiger partial charge is 0.231 e. The summed E-state index contributed by atoms with van der Waals surface area (Å²) >= 11 is 1.78. The summed E-state index contributed by atoms with van der Waals surface area (Å²) < 4.78 is 10.8. The van der Waals surface area contributed by atoms with Crippen LogP contribution in [-0.4, -0.2) is 6.79 Å². The fourth-order valence-electron chi connectivity index (χ4n) is 2.27. The number of ether oxygens (including phenoxy) is 2. The second kappa shape index (κ2) is 5.23. The number of benzene rings is 1. The van der Waals surface area contributed by atoms with Crippen LogP contribution in [0.5, 0.6) is 11.5 Å². The van der Waals surface area contributed by atoms with Gasteiger partial charge in [-0.15, -0.1) is 11.3 Å². The molecular formula is C15H17NO2S. The molecule has 0 aliphatic carbocycles. The number of fused-ring (bicyclic) bond motifs is 1. The van der Waals surface area contributed by atoms with Gasteiger partial charge in [-0.05, 0) is 43.0 Å². The van der Waals surface area contributed by atoms with Gasteiger partial charge in [-0.2, -0.15) is 0 Å². The first-order valence-electron chi connectivity index (χ1n) is 6.43. The van der Waals surface area contributed by atoms with Crippen molar-refractivity contribution >= 4 is 11.3 Å². The number of hydrogen-bond acceptors (Lipinski definition) is 4. The van der Waals surface area contributed by atoms with Gasteiger partial charge in [-0.1, -0.05) is 12.1 Å². The third-order valence-electron chi connectivity index (χ3n) is 3.37. The largest absolute Gasteiger partial charge is 0.454 e. The van der Waals surface area contributed by atoms with Gasteiger partial charge in [-0.25, -0.2) is 0 Å². The minimum absolute atomic E-state index is 0.270. The molecule has 0 amide bonds. The van der Waals surface area contributed by atoms with Crippen LogP contribution in [0.3, 0.4) is 0 Å². The molecule has 3 rings (SSSR count). The van der Waals surface area contributed by atoms with Gasteiger partial charge in [0.1, 0.15) is 0 Å². The Labute approximate surface area is 117 Å². The molecule has 2 atom stereocenters. The lowest BCUT2D eigenvalue weighted by atomic mass is 10.1. The molecule has 4 heteroatoms. The van der Waals surface area contributed by atoms with Crippen LogP contribution in [0.1, 0.15) is 36.4 Å². The lowest BCUT2D eigenvalue weighted by Gasteiger charge is -2.19. The quantitative estimate of drug-likeness (QED) is 0.918. The van der Waals surface area contributed by atoms with Crippen molar-refractivity contribution in [2.24, 2.45) is 0 Å². The Balaban J connectivity index is 1.72. The summed E-state index contributed by atoms with van der Waals surface area (Å²) in [6.45, 7) is 4.68. The number of hydrogen-bond donors (Lipinski definition) is 1. The molecule has 3 nitrogen and oxygen atoms in total. The third kappa shape index (κ3) is 2.60. The van der Waals surface area contributed by atoms with Crippen LogP contribution in [0.4, 0.5) is 0 Å². The van der Waals surface area contributed by atoms with E-state index in [1.807, 2.05) is 6.07 Å². The van der Waals surface area contributed by atoms with Crippen molar-refractivity contribution in [3.05, 3.63) is 46.2 Å². The van der Waals surface area contributed by atoms with Crippen LogP contribution in [0.15, 0.2) is 35.7 Å². The van der Waals surface area contributed by atoms with E-state index in [9.17, 15) is 0 Å². The average Bonchev–Trinajstić information content (AvgIpc) is 3.09. The van der Waals surface area contributed by atoms with Crippen molar-refractivity contribution in [1.29, 1.82) is 0 Å². The number of rotatable bonds is 4. The van der Waals surface area contributed by atoms with E-state index >= 15 is 0 Å². The molecule has 0 fully saturated rings. The Morgan fingerprint density at radius 1 is 1.11 bits per heavy atom. The average molecular weight is 275 g/mol. The van der Waals surface area contributed by atoms with Crippen LogP contribution in [-0.2, 0) is 0 Å². The highest BCUT2D eigenvalue weighted by molar-refractivity contribution is 7.10. The van der Waals surface area contributed by atoms with Gasteiger partial charge in [0.05, 0.1) is 0 Å². The van der Waals surface area contributed by atoms with Crippen LogP contribution in [0.25, 0.3) is 0 Å². The van der Waals surface area contributed by atoms with Gasteiger partial charge >= 0.3 is 0 Å². The van der Waals surface area contributed by atoms with Crippen molar-refractivity contribution in [1.82, 2.24) is 5.32 Å². The predicted octanol–water partition coefficient (Wildman–Crippen LogP) is 3.89. The zero-order valence-electron chi connectivity index (χ0n) is 11.1. The molecule has 0 bridgehead atoms. The van der Waals surface area contributed by atoms with E-state index in [-0.39, 0.29) is 6.04 Å². The summed E-state index contributed by atoms with van der Waals surface area (Å²) in [6, 6.07) is 11.0. The minimum atomic E-state index is 0.270. The number of thiophene rings is 1. The van der Waals surface area contributed by atoms with Gasteiger partial charge in [0.15, 0.2) is 11.5 Å². The third-order valence-corrected chi connectivity index (χ3v) is 4.42. The Kier molecular flexibility index (Phi) is 3.44. The van der Waals surface area contributed by atoms with Crippen LogP contribution in [0.2, 0.25) is 0 Å². The van der Waals surface area contributed by atoms with Crippen LogP contribution < -0.4 is 14.8 Å². The van der Waals surface area contributed by atoms with Gasteiger partial charge in [0, 0.05) is 17.0 Å². The SMILES string of the molecule is CC(NC(C)c1cccs1)c1ccc2c(c1)OCO2. The molecule has 19 heavy (non-hydrogen) atoms. The Bertz CT molecular complexity index is 553. The van der Waals surface area contributed by atoms with E-state index in [1.54, 1.807) is 11.3 Å². The van der Waals surface area contributed by atoms with Gasteiger partial charge in [-0.3, -0.25) is 0 Å². The van der Waals surface area contributed by atoms with Crippen molar-refractivity contribution in [3.63, 3.8) is 0 Å². The van der Waals surface area contributed by atoms with Crippen LogP contribution >= 0.6 is 11.3 Å². The first kappa shape index (κ1) is 12.5. The van der Waals surface area contributed by atoms with Crippen molar-refractivity contribution in [2.75, 3.05) is 6.79 Å². The molecule has 1 aliphatic heterocycles. The Morgan fingerprint density at radius 2 is 1.95 bits per heavy atom. The zero-order valence-corrected chi connectivity index (χ0v) is 11.9. The van der Waals surface area contributed by atoms with Crippen LogP contribution in [0, 0.1) is 0 Å². The van der Waals surface area contributed by atoms with Crippen molar-refractivity contribution in [3.8, 4) is 11.5 Å². The lowest BCUT2D eigenvalue weighted by molar-refractivity contribution is 0.174. The normalized spacial score (nSPS) is 16.3. The summed E-state index contributed by atoms with van der Waals surface area (Å²) in [5.74, 6) is 1.68. The van der Waals surface area contributed by atoms with E-state index < -0.39 is 0 Å². The van der Waals surface area contributed by atoms with E-state index in [0.29, 0.717) is 12.8 Å². The molecule has 0 radical (unpaired) electrons. The second-order valence-corrected chi connectivity index (χ2v) is 5.72. The summed E-state index contributed by atoms with van der Waals surface area (Å²) in [5.41, 5.74) is 1.22. The first-order valence-corrected chi connectivity index (χ1v) is 7.31. The molecule has 1 aromatic carbocycles. The highest BCUT2D eigenvalue weighted by Gasteiger charge is 2.17. The summed E-state index contributed by atoms with van der Waals surface area (Å²) in [5, 5.41) is 5.71. The number of nitrogens with one attached hydrogen (secondary N) is 1. The Morgan fingerprint density at radius 3 is 2.74 bits per heavy atom. The maximum atomic E-state index is 5.42. The highest BCUT2D eigenvalue weighted by atomic mass is 32.1. The summed E-state index contributed by atoms with van der Waals surface area (Å²) in [7, 11) is 0. The summed E-state index contributed by atoms with van der Waals surface area (Å²) in [6.07, 6.45) is 0. The molecule has 1 N–H and O–H groups in total. The minimum Gasteiger partial charge on any atom is -0.454 e. The highest BCUT2D eigenvalue weighted by Crippen LogP contribution is 2.34. The molecule has 2 heterocycles. The molecule has 1 aromatic heterocycles. The van der Waals surface area contributed by atoms with Crippen molar-refractivity contribution < 1.29 is 9.47 Å². The van der Waals surface area contributed by atoms with Gasteiger partial charge in [0.2, 0.25) is 6.79 Å². The Hall–Kier alpha value is -1.52. The zero-order chi connectivity index (χ0) is 13.2. The van der Waals surface area contributed by atoms with E-state index in [0.717, 1.165) is 11.5 Å². The molecule has 100 valence electrons. The second-order valence-electron chi connectivity index (χ2n) is 4.74. The molecule has 0 saturated carbocycles. The molecule has 0 spiro atoms. The molecule has 1 aliphatic rings. The molecule has 2 unspecified atom stereocenters. The molecular weight excluding hydrogens is 258 g/mol. The van der Waals surface area contributed by atoms with Gasteiger partial charge < -0.3 is 14.8 Å². The first-order chi connectivity index (χ1) is 9.24. The standard InChI is InChI=1S/C15H17NO2S/c1-10(16-11(2)15-4-3-7-19-15)12-5-6-13-14(8-12)18-9-17-13/h3-8,10-11,16H,9H2,1-2H3. The molecule has 0 saturated heterocycles. The fourth-order valence-corrected chi connectivity index (χ4v) is 3.02. The van der Waals surface area contributed by atoms with Crippen molar-refractivity contribution in [2.45, 2.75) is 25.9 Å². The predicted molar refractivity (Wildman–Crippen MR) is 76.8 cm³/mol. The topological polar surface area (TPSA) is 30.5 Å². The maximum Gasteiger partial charge on any atom is 0.231 e. The van der Waals surface area contributed by atoms with E-state index in [4.69, 9.17) is 9.47 Å².